The number of ether oxygens (including phenoxy) is 1. The summed E-state index contributed by atoms with van der Waals surface area (Å²) < 4.78 is 5.35. The van der Waals surface area contributed by atoms with Crippen LogP contribution in [0.4, 0.5) is 0 Å². The van der Waals surface area contributed by atoms with E-state index >= 15 is 0 Å². The van der Waals surface area contributed by atoms with Crippen molar-refractivity contribution in [1.82, 2.24) is 9.80 Å². The van der Waals surface area contributed by atoms with E-state index in [1.807, 2.05) is 6.07 Å². The SMILES string of the molecule is COc1cccc(CN2CCN3C[C@H](c4ccccc4)[C@@H](CO)[C@H]3C2)c1. The summed E-state index contributed by atoms with van der Waals surface area (Å²) in [6, 6.07) is 19.5. The molecule has 138 valence electrons. The highest BCUT2D eigenvalue weighted by Gasteiger charge is 2.44. The molecule has 2 aliphatic rings. The summed E-state index contributed by atoms with van der Waals surface area (Å²) in [5, 5.41) is 10.1. The molecule has 2 aromatic rings. The molecule has 4 heteroatoms. The van der Waals surface area contributed by atoms with E-state index < -0.39 is 0 Å². The van der Waals surface area contributed by atoms with Gasteiger partial charge in [-0.1, -0.05) is 42.5 Å². The second-order valence-corrected chi connectivity index (χ2v) is 7.51. The number of piperazine rings is 1. The molecule has 26 heavy (non-hydrogen) atoms. The number of nitrogens with zero attached hydrogens (tertiary/aromatic N) is 2. The maximum atomic E-state index is 10.1. The normalized spacial score (nSPS) is 26.6. The van der Waals surface area contributed by atoms with E-state index in [1.54, 1.807) is 7.11 Å². The number of hydrogen-bond donors (Lipinski definition) is 1. The number of aliphatic hydroxyl groups excluding tert-OH is 1. The van der Waals surface area contributed by atoms with Gasteiger partial charge in [0.2, 0.25) is 0 Å². The Morgan fingerprint density at radius 2 is 1.88 bits per heavy atom. The van der Waals surface area contributed by atoms with E-state index in [9.17, 15) is 5.11 Å². The van der Waals surface area contributed by atoms with Gasteiger partial charge in [0.05, 0.1) is 7.11 Å². The highest BCUT2D eigenvalue weighted by atomic mass is 16.5. The van der Waals surface area contributed by atoms with Gasteiger partial charge < -0.3 is 9.84 Å². The average molecular weight is 352 g/mol. The highest BCUT2D eigenvalue weighted by Crippen LogP contribution is 2.38. The lowest BCUT2D eigenvalue weighted by Crippen LogP contribution is -2.52. The lowest BCUT2D eigenvalue weighted by atomic mass is 9.85. The van der Waals surface area contributed by atoms with Crippen molar-refractivity contribution in [1.29, 1.82) is 0 Å². The Bertz CT molecular complexity index is 721. The quantitative estimate of drug-likeness (QED) is 0.897. The van der Waals surface area contributed by atoms with Crippen molar-refractivity contribution in [2.45, 2.75) is 18.5 Å². The molecule has 2 aliphatic heterocycles. The van der Waals surface area contributed by atoms with Gasteiger partial charge in [0.25, 0.3) is 0 Å². The van der Waals surface area contributed by atoms with Crippen LogP contribution in [-0.4, -0.2) is 60.8 Å². The van der Waals surface area contributed by atoms with Crippen molar-refractivity contribution in [2.75, 3.05) is 39.9 Å². The van der Waals surface area contributed by atoms with Gasteiger partial charge in [0, 0.05) is 57.2 Å². The first kappa shape index (κ1) is 17.5. The molecule has 0 bridgehead atoms. The van der Waals surface area contributed by atoms with E-state index in [-0.39, 0.29) is 6.61 Å². The zero-order valence-corrected chi connectivity index (χ0v) is 15.4. The summed E-state index contributed by atoms with van der Waals surface area (Å²) in [4.78, 5) is 5.10. The third-order valence-electron chi connectivity index (χ3n) is 6.04. The summed E-state index contributed by atoms with van der Waals surface area (Å²) in [7, 11) is 1.71. The first-order valence-electron chi connectivity index (χ1n) is 9.53. The smallest absolute Gasteiger partial charge is 0.119 e. The molecule has 4 nitrogen and oxygen atoms in total. The van der Waals surface area contributed by atoms with Gasteiger partial charge in [0.1, 0.15) is 5.75 Å². The van der Waals surface area contributed by atoms with Gasteiger partial charge in [-0.25, -0.2) is 0 Å². The fourth-order valence-electron chi connectivity index (χ4n) is 4.67. The highest BCUT2D eigenvalue weighted by molar-refractivity contribution is 5.28. The molecule has 2 aromatic carbocycles. The largest absolute Gasteiger partial charge is 0.497 e. The Balaban J connectivity index is 1.47. The maximum Gasteiger partial charge on any atom is 0.119 e. The van der Waals surface area contributed by atoms with Crippen LogP contribution >= 0.6 is 0 Å². The Morgan fingerprint density at radius 1 is 1.04 bits per heavy atom. The molecule has 0 unspecified atom stereocenters. The van der Waals surface area contributed by atoms with Crippen LogP contribution in [0.3, 0.4) is 0 Å². The third kappa shape index (κ3) is 3.50. The molecular weight excluding hydrogens is 324 g/mol. The van der Waals surface area contributed by atoms with Gasteiger partial charge in [-0.15, -0.1) is 0 Å². The van der Waals surface area contributed by atoms with Crippen LogP contribution in [0.15, 0.2) is 54.6 Å². The summed E-state index contributed by atoms with van der Waals surface area (Å²) in [6.45, 7) is 5.43. The topological polar surface area (TPSA) is 35.9 Å². The Kier molecular flexibility index (Phi) is 5.25. The van der Waals surface area contributed by atoms with Crippen molar-refractivity contribution >= 4 is 0 Å². The summed E-state index contributed by atoms with van der Waals surface area (Å²) in [5.41, 5.74) is 2.65. The van der Waals surface area contributed by atoms with Crippen LogP contribution in [0.2, 0.25) is 0 Å². The van der Waals surface area contributed by atoms with E-state index in [0.717, 1.165) is 38.5 Å². The minimum Gasteiger partial charge on any atom is -0.497 e. The molecule has 0 saturated carbocycles. The summed E-state index contributed by atoms with van der Waals surface area (Å²) >= 11 is 0. The average Bonchev–Trinajstić information content (AvgIpc) is 3.06. The van der Waals surface area contributed by atoms with E-state index in [2.05, 4.69) is 58.3 Å². The third-order valence-corrected chi connectivity index (χ3v) is 6.04. The van der Waals surface area contributed by atoms with Crippen LogP contribution in [0.5, 0.6) is 5.75 Å². The van der Waals surface area contributed by atoms with E-state index in [0.29, 0.717) is 17.9 Å². The fourth-order valence-corrected chi connectivity index (χ4v) is 4.67. The Morgan fingerprint density at radius 3 is 2.65 bits per heavy atom. The first-order valence-corrected chi connectivity index (χ1v) is 9.53. The van der Waals surface area contributed by atoms with Crippen LogP contribution < -0.4 is 4.74 Å². The molecule has 3 atom stereocenters. The predicted molar refractivity (Wildman–Crippen MR) is 103 cm³/mol. The minimum atomic E-state index is 0.258. The molecule has 0 aromatic heterocycles. The first-order chi connectivity index (χ1) is 12.8. The molecule has 4 rings (SSSR count). The molecule has 1 N–H and O–H groups in total. The molecule has 2 fully saturated rings. The molecule has 2 heterocycles. The van der Waals surface area contributed by atoms with E-state index in [1.165, 1.54) is 11.1 Å². The second-order valence-electron chi connectivity index (χ2n) is 7.51. The van der Waals surface area contributed by atoms with Gasteiger partial charge in [-0.05, 0) is 23.3 Å². The summed E-state index contributed by atoms with van der Waals surface area (Å²) in [5.74, 6) is 1.66. The maximum absolute atomic E-state index is 10.1. The van der Waals surface area contributed by atoms with Gasteiger partial charge in [-0.2, -0.15) is 0 Å². The van der Waals surface area contributed by atoms with Crippen molar-refractivity contribution in [3.63, 3.8) is 0 Å². The number of hydrogen-bond acceptors (Lipinski definition) is 4. The standard InChI is InChI=1S/C22H28N2O2/c1-26-19-9-5-6-17(12-19)13-23-10-11-24-14-20(18-7-3-2-4-8-18)21(16-25)22(24)15-23/h2-9,12,20-22,25H,10-11,13-16H2,1H3/t20-,21-,22-/m1/s1. The monoisotopic (exact) mass is 352 g/mol. The number of rotatable bonds is 5. The number of fused-ring (bicyclic) bond motifs is 1. The van der Waals surface area contributed by atoms with Crippen molar-refractivity contribution in [2.24, 2.45) is 5.92 Å². The van der Waals surface area contributed by atoms with Crippen molar-refractivity contribution in [3.05, 3.63) is 65.7 Å². The second kappa shape index (κ2) is 7.78. The number of methoxy groups -OCH3 is 1. The number of benzene rings is 2. The predicted octanol–water partition coefficient (Wildman–Crippen LogP) is 2.59. The van der Waals surface area contributed by atoms with Gasteiger partial charge in [0.15, 0.2) is 0 Å². The van der Waals surface area contributed by atoms with Crippen molar-refractivity contribution < 1.29 is 9.84 Å². The van der Waals surface area contributed by atoms with Gasteiger partial charge >= 0.3 is 0 Å². The summed E-state index contributed by atoms with van der Waals surface area (Å²) in [6.07, 6.45) is 0. The molecule has 2 saturated heterocycles. The lowest BCUT2D eigenvalue weighted by Gasteiger charge is -2.39. The zero-order chi connectivity index (χ0) is 17.9. The van der Waals surface area contributed by atoms with Crippen LogP contribution in [-0.2, 0) is 6.54 Å². The molecule has 0 spiro atoms. The fraction of sp³-hybridized carbons (Fsp3) is 0.455. The Hall–Kier alpha value is -1.88. The van der Waals surface area contributed by atoms with Crippen molar-refractivity contribution in [3.8, 4) is 5.75 Å². The lowest BCUT2D eigenvalue weighted by molar-refractivity contribution is 0.0674. The zero-order valence-electron chi connectivity index (χ0n) is 15.4. The minimum absolute atomic E-state index is 0.258. The van der Waals surface area contributed by atoms with Crippen LogP contribution in [0.1, 0.15) is 17.0 Å². The van der Waals surface area contributed by atoms with Crippen LogP contribution in [0.25, 0.3) is 0 Å². The molecule has 0 amide bonds. The number of aliphatic hydroxyl groups is 1. The Labute approximate surface area is 156 Å². The van der Waals surface area contributed by atoms with Gasteiger partial charge in [-0.3, -0.25) is 9.80 Å². The van der Waals surface area contributed by atoms with Crippen LogP contribution in [0, 0.1) is 5.92 Å². The molecule has 0 aliphatic carbocycles. The molecular formula is C22H28N2O2. The molecule has 0 radical (unpaired) electrons. The van der Waals surface area contributed by atoms with E-state index in [4.69, 9.17) is 4.74 Å².